The van der Waals surface area contributed by atoms with Crippen LogP contribution in [0.2, 0.25) is 0 Å². The topological polar surface area (TPSA) is 34.4 Å². The van der Waals surface area contributed by atoms with Crippen LogP contribution in [-0.4, -0.2) is 6.54 Å². The third-order valence-corrected chi connectivity index (χ3v) is 3.06. The predicted molar refractivity (Wildman–Crippen MR) is 74.5 cm³/mol. The summed E-state index contributed by atoms with van der Waals surface area (Å²) in [6.07, 6.45) is 1.63. The van der Waals surface area contributed by atoms with Crippen molar-refractivity contribution in [2.45, 2.75) is 20.1 Å². The maximum atomic E-state index is 13.2. The summed E-state index contributed by atoms with van der Waals surface area (Å²) in [4.78, 5) is 0. The van der Waals surface area contributed by atoms with E-state index in [9.17, 15) is 4.39 Å². The highest BCUT2D eigenvalue weighted by Crippen LogP contribution is 2.22. The molecule has 19 heavy (non-hydrogen) atoms. The lowest BCUT2D eigenvalue weighted by molar-refractivity contribution is 0.299. The van der Waals surface area contributed by atoms with E-state index in [1.807, 2.05) is 13.0 Å². The lowest BCUT2D eigenvalue weighted by atomic mass is 10.2. The fourth-order valence-corrected chi connectivity index (χ4v) is 2.11. The van der Waals surface area contributed by atoms with E-state index in [1.165, 1.54) is 12.1 Å². The minimum absolute atomic E-state index is 0.329. The van der Waals surface area contributed by atoms with Gasteiger partial charge in [-0.15, -0.1) is 0 Å². The molecule has 0 saturated heterocycles. The highest BCUT2D eigenvalue weighted by molar-refractivity contribution is 9.10. The SMILES string of the molecule is CCNCc1occc1COc1cc(F)cc(Br)c1. The van der Waals surface area contributed by atoms with E-state index in [2.05, 4.69) is 21.2 Å². The zero-order chi connectivity index (χ0) is 13.7. The molecule has 1 heterocycles. The minimum Gasteiger partial charge on any atom is -0.489 e. The van der Waals surface area contributed by atoms with Crippen molar-refractivity contribution in [2.75, 3.05) is 6.54 Å². The first-order chi connectivity index (χ1) is 9.19. The Balaban J connectivity index is 2.00. The van der Waals surface area contributed by atoms with E-state index in [4.69, 9.17) is 9.15 Å². The Morgan fingerprint density at radius 1 is 1.37 bits per heavy atom. The lowest BCUT2D eigenvalue weighted by Crippen LogP contribution is -2.12. The van der Waals surface area contributed by atoms with Gasteiger partial charge in [-0.05, 0) is 24.7 Å². The first kappa shape index (κ1) is 14.1. The van der Waals surface area contributed by atoms with Crippen LogP contribution in [0.4, 0.5) is 4.39 Å². The summed E-state index contributed by atoms with van der Waals surface area (Å²) >= 11 is 3.23. The van der Waals surface area contributed by atoms with Crippen molar-refractivity contribution >= 4 is 15.9 Å². The number of nitrogens with one attached hydrogen (secondary N) is 1. The average Bonchev–Trinajstić information content (AvgIpc) is 2.80. The fourth-order valence-electron chi connectivity index (χ4n) is 1.66. The van der Waals surface area contributed by atoms with Crippen LogP contribution in [-0.2, 0) is 13.2 Å². The second-order valence-corrected chi connectivity index (χ2v) is 4.96. The molecule has 0 fully saturated rings. The zero-order valence-corrected chi connectivity index (χ0v) is 12.2. The molecule has 0 atom stereocenters. The summed E-state index contributed by atoms with van der Waals surface area (Å²) in [6, 6.07) is 6.34. The smallest absolute Gasteiger partial charge is 0.128 e. The van der Waals surface area contributed by atoms with Gasteiger partial charge in [0.25, 0.3) is 0 Å². The molecule has 0 spiro atoms. The van der Waals surface area contributed by atoms with Gasteiger partial charge in [-0.25, -0.2) is 4.39 Å². The summed E-state index contributed by atoms with van der Waals surface area (Å²) in [5.41, 5.74) is 0.960. The van der Waals surface area contributed by atoms with Crippen molar-refractivity contribution in [1.82, 2.24) is 5.32 Å². The van der Waals surface area contributed by atoms with E-state index in [0.29, 0.717) is 23.4 Å². The summed E-state index contributed by atoms with van der Waals surface area (Å²) in [5.74, 6) is 1.00. The van der Waals surface area contributed by atoms with E-state index >= 15 is 0 Å². The van der Waals surface area contributed by atoms with E-state index < -0.39 is 0 Å². The van der Waals surface area contributed by atoms with Crippen molar-refractivity contribution in [3.05, 3.63) is 52.1 Å². The first-order valence-corrected chi connectivity index (χ1v) is 6.83. The highest BCUT2D eigenvalue weighted by atomic mass is 79.9. The largest absolute Gasteiger partial charge is 0.489 e. The van der Waals surface area contributed by atoms with Gasteiger partial charge in [-0.2, -0.15) is 0 Å². The Labute approximate surface area is 119 Å². The molecule has 3 nitrogen and oxygen atoms in total. The number of halogens is 2. The molecule has 0 radical (unpaired) electrons. The van der Waals surface area contributed by atoms with Crippen LogP contribution >= 0.6 is 15.9 Å². The third-order valence-electron chi connectivity index (χ3n) is 2.60. The van der Waals surface area contributed by atoms with Crippen LogP contribution in [0.3, 0.4) is 0 Å². The second kappa shape index (κ2) is 6.73. The van der Waals surface area contributed by atoms with Crippen molar-refractivity contribution in [3.8, 4) is 5.75 Å². The van der Waals surface area contributed by atoms with Gasteiger partial charge in [-0.3, -0.25) is 0 Å². The van der Waals surface area contributed by atoms with Crippen LogP contribution in [0.1, 0.15) is 18.2 Å². The van der Waals surface area contributed by atoms with Gasteiger partial charge in [-0.1, -0.05) is 22.9 Å². The quantitative estimate of drug-likeness (QED) is 0.874. The first-order valence-electron chi connectivity index (χ1n) is 6.04. The minimum atomic E-state index is -0.329. The molecule has 1 N–H and O–H groups in total. The lowest BCUT2D eigenvalue weighted by Gasteiger charge is -2.07. The summed E-state index contributed by atoms with van der Waals surface area (Å²) in [7, 11) is 0. The van der Waals surface area contributed by atoms with Gasteiger partial charge in [0.15, 0.2) is 0 Å². The zero-order valence-electron chi connectivity index (χ0n) is 10.6. The number of benzene rings is 1. The Morgan fingerprint density at radius 2 is 2.21 bits per heavy atom. The molecule has 1 aromatic carbocycles. The van der Waals surface area contributed by atoms with Gasteiger partial charge in [0, 0.05) is 16.1 Å². The second-order valence-electron chi connectivity index (χ2n) is 4.04. The number of rotatable bonds is 6. The van der Waals surface area contributed by atoms with Crippen molar-refractivity contribution in [1.29, 1.82) is 0 Å². The van der Waals surface area contributed by atoms with Crippen molar-refractivity contribution < 1.29 is 13.5 Å². The Kier molecular flexibility index (Phi) is 4.99. The monoisotopic (exact) mass is 327 g/mol. The molecule has 0 amide bonds. The maximum Gasteiger partial charge on any atom is 0.128 e. The number of furan rings is 1. The van der Waals surface area contributed by atoms with Crippen LogP contribution in [0, 0.1) is 5.82 Å². The molecule has 0 bridgehead atoms. The summed E-state index contributed by atoms with van der Waals surface area (Å²) < 4.78 is 24.8. The Hall–Kier alpha value is -1.33. The van der Waals surface area contributed by atoms with Crippen LogP contribution < -0.4 is 10.1 Å². The number of hydrogen-bond acceptors (Lipinski definition) is 3. The molecule has 5 heteroatoms. The van der Waals surface area contributed by atoms with Crippen LogP contribution in [0.25, 0.3) is 0 Å². The molecule has 2 aromatic rings. The Bertz CT molecular complexity index is 522. The number of ether oxygens (including phenoxy) is 1. The Morgan fingerprint density at radius 3 is 2.95 bits per heavy atom. The normalized spacial score (nSPS) is 10.7. The molecule has 102 valence electrons. The van der Waals surface area contributed by atoms with Gasteiger partial charge in [0.05, 0.1) is 12.8 Å². The van der Waals surface area contributed by atoms with Gasteiger partial charge in [0.2, 0.25) is 0 Å². The maximum absolute atomic E-state index is 13.2. The van der Waals surface area contributed by atoms with Crippen molar-refractivity contribution in [3.63, 3.8) is 0 Å². The molecule has 0 aliphatic carbocycles. The van der Waals surface area contributed by atoms with E-state index in [1.54, 1.807) is 12.3 Å². The van der Waals surface area contributed by atoms with Gasteiger partial charge in [0.1, 0.15) is 23.9 Å². The predicted octanol–water partition coefficient (Wildman–Crippen LogP) is 3.87. The standard InChI is InChI=1S/C14H15BrFNO2/c1-2-17-8-14-10(3-4-18-14)9-19-13-6-11(15)5-12(16)7-13/h3-7,17H,2,8-9H2,1H3. The number of hydrogen-bond donors (Lipinski definition) is 1. The van der Waals surface area contributed by atoms with Gasteiger partial charge >= 0.3 is 0 Å². The van der Waals surface area contributed by atoms with Crippen LogP contribution in [0.5, 0.6) is 5.75 Å². The fraction of sp³-hybridized carbons (Fsp3) is 0.286. The molecule has 0 saturated carbocycles. The molecule has 2 rings (SSSR count). The molecule has 1 aromatic heterocycles. The molecule has 0 aliphatic rings. The van der Waals surface area contributed by atoms with Crippen molar-refractivity contribution in [2.24, 2.45) is 0 Å². The molecular formula is C14H15BrFNO2. The molecule has 0 aliphatic heterocycles. The summed E-state index contributed by atoms with van der Waals surface area (Å²) in [6.45, 7) is 3.92. The van der Waals surface area contributed by atoms with E-state index in [0.717, 1.165) is 17.9 Å². The summed E-state index contributed by atoms with van der Waals surface area (Å²) in [5, 5.41) is 3.19. The third kappa shape index (κ3) is 4.08. The van der Waals surface area contributed by atoms with E-state index in [-0.39, 0.29) is 5.82 Å². The molecular weight excluding hydrogens is 313 g/mol. The average molecular weight is 328 g/mol. The highest BCUT2D eigenvalue weighted by Gasteiger charge is 2.07. The van der Waals surface area contributed by atoms with Crippen LogP contribution in [0.15, 0.2) is 39.4 Å². The van der Waals surface area contributed by atoms with Gasteiger partial charge < -0.3 is 14.5 Å². The molecule has 0 unspecified atom stereocenters.